The van der Waals surface area contributed by atoms with Crippen LogP contribution in [0.2, 0.25) is 0 Å². The molecule has 0 atom stereocenters. The summed E-state index contributed by atoms with van der Waals surface area (Å²) in [7, 11) is 0. The van der Waals surface area contributed by atoms with Crippen LogP contribution < -0.4 is 4.90 Å². The lowest BCUT2D eigenvalue weighted by Gasteiger charge is -2.35. The summed E-state index contributed by atoms with van der Waals surface area (Å²) in [6.07, 6.45) is 2.63. The van der Waals surface area contributed by atoms with E-state index in [1.165, 1.54) is 17.0 Å². The number of hydrogen-bond donors (Lipinski definition) is 0. The molecule has 2 aliphatic heterocycles. The van der Waals surface area contributed by atoms with Gasteiger partial charge in [-0.3, -0.25) is 19.3 Å². The van der Waals surface area contributed by atoms with E-state index in [1.807, 2.05) is 0 Å². The normalized spacial score (nSPS) is 15.5. The molecule has 178 valence electrons. The first-order valence-corrected chi connectivity index (χ1v) is 10.9. The van der Waals surface area contributed by atoms with Crippen LogP contribution in [0.3, 0.4) is 0 Å². The van der Waals surface area contributed by atoms with Crippen LogP contribution in [0.1, 0.15) is 26.4 Å². The topological polar surface area (TPSA) is 91.6 Å². The van der Waals surface area contributed by atoms with Crippen LogP contribution in [0.25, 0.3) is 5.69 Å². The van der Waals surface area contributed by atoms with Crippen LogP contribution in [0.15, 0.2) is 55.3 Å². The Morgan fingerprint density at radius 2 is 1.60 bits per heavy atom. The number of carbonyl (C=O) groups excluding carboxylic acids is 3. The lowest BCUT2D eigenvalue weighted by atomic mass is 10.1. The summed E-state index contributed by atoms with van der Waals surface area (Å²) in [6.45, 7) is 4.55. The van der Waals surface area contributed by atoms with Gasteiger partial charge in [0.25, 0.3) is 11.8 Å². The SMILES string of the molecule is C=CC(=O)N1CCN(c2c(F)cc(-n3cc(CN4C(=O)c5ccccc5C4=O)nn3)cc2F)CC1. The second-order valence-electron chi connectivity index (χ2n) is 8.17. The fourth-order valence-corrected chi connectivity index (χ4v) is 4.31. The molecule has 0 N–H and O–H groups in total. The predicted molar refractivity (Wildman–Crippen MR) is 121 cm³/mol. The Morgan fingerprint density at radius 3 is 2.17 bits per heavy atom. The number of halogens is 2. The summed E-state index contributed by atoms with van der Waals surface area (Å²) < 4.78 is 31.1. The second-order valence-corrected chi connectivity index (χ2v) is 8.17. The summed E-state index contributed by atoms with van der Waals surface area (Å²) >= 11 is 0. The molecule has 1 saturated heterocycles. The number of hydrogen-bond acceptors (Lipinski definition) is 6. The van der Waals surface area contributed by atoms with E-state index in [2.05, 4.69) is 16.9 Å². The molecule has 0 bridgehead atoms. The lowest BCUT2D eigenvalue weighted by molar-refractivity contribution is -0.126. The highest BCUT2D eigenvalue weighted by Crippen LogP contribution is 2.28. The van der Waals surface area contributed by atoms with Crippen LogP contribution in [0.5, 0.6) is 0 Å². The van der Waals surface area contributed by atoms with Crippen LogP contribution in [-0.2, 0) is 11.3 Å². The first kappa shape index (κ1) is 22.4. The van der Waals surface area contributed by atoms with Crippen LogP contribution in [0, 0.1) is 11.6 Å². The summed E-state index contributed by atoms with van der Waals surface area (Å²) in [5.41, 5.74) is 0.849. The van der Waals surface area contributed by atoms with Crippen LogP contribution >= 0.6 is 0 Å². The van der Waals surface area contributed by atoms with Gasteiger partial charge >= 0.3 is 0 Å². The molecule has 0 saturated carbocycles. The molecule has 35 heavy (non-hydrogen) atoms. The predicted octanol–water partition coefficient (Wildman–Crippen LogP) is 2.18. The van der Waals surface area contributed by atoms with E-state index in [0.717, 1.165) is 17.0 Å². The second kappa shape index (κ2) is 8.75. The highest BCUT2D eigenvalue weighted by Gasteiger charge is 2.35. The standard InChI is InChI=1S/C24H20F2N6O3/c1-2-21(33)29-7-9-30(10-8-29)22-19(25)11-16(12-20(22)26)32-14-15(27-28-32)13-31-23(34)17-5-3-4-6-18(17)24(31)35/h2-6,11-12,14H,1,7-10,13H2. The molecule has 9 nitrogen and oxygen atoms in total. The first-order chi connectivity index (χ1) is 16.9. The van der Waals surface area contributed by atoms with Crippen molar-refractivity contribution >= 4 is 23.4 Å². The summed E-state index contributed by atoms with van der Waals surface area (Å²) in [5, 5.41) is 7.87. The fraction of sp³-hybridized carbons (Fsp3) is 0.208. The number of imide groups is 1. The van der Waals surface area contributed by atoms with Crippen molar-refractivity contribution < 1.29 is 23.2 Å². The van der Waals surface area contributed by atoms with E-state index in [9.17, 15) is 23.2 Å². The third-order valence-corrected chi connectivity index (χ3v) is 6.09. The van der Waals surface area contributed by atoms with Gasteiger partial charge in [0.15, 0.2) is 11.6 Å². The number of fused-ring (bicyclic) bond motifs is 1. The lowest BCUT2D eigenvalue weighted by Crippen LogP contribution is -2.48. The molecule has 2 aromatic carbocycles. The zero-order valence-electron chi connectivity index (χ0n) is 18.5. The molecule has 2 aliphatic rings. The Morgan fingerprint density at radius 1 is 1.00 bits per heavy atom. The van der Waals surface area contributed by atoms with E-state index < -0.39 is 23.4 Å². The molecule has 0 spiro atoms. The van der Waals surface area contributed by atoms with E-state index in [4.69, 9.17) is 0 Å². The number of amides is 3. The van der Waals surface area contributed by atoms with Gasteiger partial charge in [0.1, 0.15) is 11.4 Å². The average Bonchev–Trinajstić information content (AvgIpc) is 3.43. The van der Waals surface area contributed by atoms with Gasteiger partial charge < -0.3 is 9.80 Å². The van der Waals surface area contributed by atoms with E-state index in [-0.39, 0.29) is 42.6 Å². The molecule has 5 rings (SSSR count). The Kier molecular flexibility index (Phi) is 5.59. The van der Waals surface area contributed by atoms with Gasteiger partial charge in [-0.25, -0.2) is 13.5 Å². The molecule has 1 aromatic heterocycles. The van der Waals surface area contributed by atoms with Crippen molar-refractivity contribution in [3.05, 3.63) is 83.7 Å². The molecule has 3 amide bonds. The van der Waals surface area contributed by atoms with Crippen LogP contribution in [0.4, 0.5) is 14.5 Å². The van der Waals surface area contributed by atoms with Crippen molar-refractivity contribution in [2.75, 3.05) is 31.1 Å². The molecule has 0 unspecified atom stereocenters. The number of benzene rings is 2. The number of nitrogens with zero attached hydrogens (tertiary/aromatic N) is 6. The van der Waals surface area contributed by atoms with Crippen molar-refractivity contribution in [1.29, 1.82) is 0 Å². The maximum absolute atomic E-state index is 15.0. The minimum absolute atomic E-state index is 0.102. The third-order valence-electron chi connectivity index (χ3n) is 6.09. The minimum Gasteiger partial charge on any atom is -0.363 e. The molecule has 0 radical (unpaired) electrons. The summed E-state index contributed by atoms with van der Waals surface area (Å²) in [5.74, 6) is -2.64. The number of aromatic nitrogens is 3. The van der Waals surface area contributed by atoms with Crippen molar-refractivity contribution in [2.24, 2.45) is 0 Å². The van der Waals surface area contributed by atoms with E-state index in [0.29, 0.717) is 24.2 Å². The number of anilines is 1. The quantitative estimate of drug-likeness (QED) is 0.412. The van der Waals surface area contributed by atoms with Gasteiger partial charge in [-0.1, -0.05) is 23.9 Å². The maximum atomic E-state index is 15.0. The number of piperazine rings is 1. The van der Waals surface area contributed by atoms with E-state index >= 15 is 0 Å². The molecule has 3 heterocycles. The molecule has 0 aliphatic carbocycles. The van der Waals surface area contributed by atoms with Gasteiger partial charge in [0, 0.05) is 38.3 Å². The average molecular weight is 478 g/mol. The van der Waals surface area contributed by atoms with Crippen LogP contribution in [-0.4, -0.2) is 68.7 Å². The van der Waals surface area contributed by atoms with Crippen molar-refractivity contribution in [1.82, 2.24) is 24.8 Å². The largest absolute Gasteiger partial charge is 0.363 e. The Labute approximate surface area is 198 Å². The molecular formula is C24H20F2N6O3. The zero-order chi connectivity index (χ0) is 24.7. The van der Waals surface area contributed by atoms with Gasteiger partial charge in [-0.15, -0.1) is 5.10 Å². The van der Waals surface area contributed by atoms with Gasteiger partial charge in [0.05, 0.1) is 29.6 Å². The molecule has 3 aromatic rings. The molecular weight excluding hydrogens is 458 g/mol. The Bertz CT molecular complexity index is 1300. The van der Waals surface area contributed by atoms with Gasteiger partial charge in [0.2, 0.25) is 5.91 Å². The first-order valence-electron chi connectivity index (χ1n) is 10.9. The van der Waals surface area contributed by atoms with Gasteiger partial charge in [-0.2, -0.15) is 0 Å². The number of carbonyl (C=O) groups is 3. The fourth-order valence-electron chi connectivity index (χ4n) is 4.31. The highest BCUT2D eigenvalue weighted by molar-refractivity contribution is 6.21. The van der Waals surface area contributed by atoms with Crippen molar-refractivity contribution in [3.63, 3.8) is 0 Å². The van der Waals surface area contributed by atoms with E-state index in [1.54, 1.807) is 34.1 Å². The monoisotopic (exact) mass is 478 g/mol. The molecule has 1 fully saturated rings. The molecule has 11 heteroatoms. The Hall–Kier alpha value is -4.41. The highest BCUT2D eigenvalue weighted by atomic mass is 19.1. The zero-order valence-corrected chi connectivity index (χ0v) is 18.5. The Balaban J connectivity index is 1.32. The smallest absolute Gasteiger partial charge is 0.261 e. The maximum Gasteiger partial charge on any atom is 0.261 e. The number of rotatable bonds is 5. The van der Waals surface area contributed by atoms with Crippen molar-refractivity contribution in [3.8, 4) is 5.69 Å². The van der Waals surface area contributed by atoms with Crippen molar-refractivity contribution in [2.45, 2.75) is 6.54 Å². The summed E-state index contributed by atoms with van der Waals surface area (Å²) in [6, 6.07) is 8.79. The minimum atomic E-state index is -0.777. The summed E-state index contributed by atoms with van der Waals surface area (Å²) in [4.78, 5) is 41.0. The van der Waals surface area contributed by atoms with Gasteiger partial charge in [-0.05, 0) is 18.2 Å². The third kappa shape index (κ3) is 3.94.